The minimum atomic E-state index is -0.159. The third-order valence-corrected chi connectivity index (χ3v) is 2.91. The van der Waals surface area contributed by atoms with Crippen LogP contribution in [-0.4, -0.2) is 4.83 Å². The van der Waals surface area contributed by atoms with Crippen LogP contribution in [-0.2, 0) is 6.42 Å². The Balaban J connectivity index is 2.67. The number of rotatable bonds is 4. The van der Waals surface area contributed by atoms with Crippen molar-refractivity contribution in [3.05, 3.63) is 34.6 Å². The van der Waals surface area contributed by atoms with Crippen LogP contribution in [0.4, 0.5) is 4.39 Å². The largest absolute Gasteiger partial charge is 0.207 e. The van der Waals surface area contributed by atoms with Crippen LogP contribution in [0.1, 0.15) is 25.8 Å². The maximum Gasteiger partial charge on any atom is 0.126 e. The van der Waals surface area contributed by atoms with Crippen molar-refractivity contribution in [1.82, 2.24) is 0 Å². The molecule has 15 heavy (non-hydrogen) atoms. The molecule has 1 aromatic rings. The van der Waals surface area contributed by atoms with E-state index in [1.165, 1.54) is 6.07 Å². The Morgan fingerprint density at radius 1 is 1.40 bits per heavy atom. The summed E-state index contributed by atoms with van der Waals surface area (Å²) in [5.74, 6) is 0.292. The zero-order valence-corrected chi connectivity index (χ0v) is 11.3. The fraction of sp³-hybridized carbons (Fsp3) is 0.500. The second-order valence-corrected chi connectivity index (χ2v) is 6.06. The van der Waals surface area contributed by atoms with Crippen LogP contribution in [0.2, 0.25) is 5.02 Å². The lowest BCUT2D eigenvalue weighted by molar-refractivity contribution is 0.512. The van der Waals surface area contributed by atoms with E-state index in [1.807, 2.05) is 0 Å². The van der Waals surface area contributed by atoms with Gasteiger partial charge >= 0.3 is 0 Å². The van der Waals surface area contributed by atoms with Crippen molar-refractivity contribution in [2.45, 2.75) is 31.5 Å². The number of benzene rings is 1. The molecule has 2 atom stereocenters. The molecule has 0 aliphatic rings. The van der Waals surface area contributed by atoms with Crippen molar-refractivity contribution < 1.29 is 4.39 Å². The van der Waals surface area contributed by atoms with Crippen LogP contribution in [0.5, 0.6) is 0 Å². The Bertz CT molecular complexity index is 325. The molecule has 0 heterocycles. The first-order valence-electron chi connectivity index (χ1n) is 5.07. The van der Waals surface area contributed by atoms with E-state index in [-0.39, 0.29) is 5.82 Å². The van der Waals surface area contributed by atoms with E-state index in [4.69, 9.17) is 11.6 Å². The maximum atomic E-state index is 13.4. The van der Waals surface area contributed by atoms with Crippen LogP contribution < -0.4 is 0 Å². The first-order valence-corrected chi connectivity index (χ1v) is 6.36. The summed E-state index contributed by atoms with van der Waals surface area (Å²) in [6.45, 7) is 4.23. The van der Waals surface area contributed by atoms with Crippen LogP contribution in [0.3, 0.4) is 0 Å². The molecule has 1 aromatic carbocycles. The molecule has 84 valence electrons. The van der Waals surface area contributed by atoms with Crippen molar-refractivity contribution >= 4 is 27.5 Å². The van der Waals surface area contributed by atoms with Crippen molar-refractivity contribution in [2.75, 3.05) is 0 Å². The Hall–Kier alpha value is -0.0800. The van der Waals surface area contributed by atoms with Crippen molar-refractivity contribution in [3.63, 3.8) is 0 Å². The van der Waals surface area contributed by atoms with Gasteiger partial charge < -0.3 is 0 Å². The van der Waals surface area contributed by atoms with Gasteiger partial charge in [-0.05, 0) is 42.5 Å². The van der Waals surface area contributed by atoms with Crippen molar-refractivity contribution in [2.24, 2.45) is 5.92 Å². The number of alkyl halides is 1. The standard InChI is InChI=1S/C12H15BrClF/c1-8(5-9(2)13)6-10-7-11(14)3-4-12(10)15/h3-4,7-9H,5-6H2,1-2H3. The molecule has 1 rings (SSSR count). The van der Waals surface area contributed by atoms with Gasteiger partial charge in [0.05, 0.1) is 0 Å². The van der Waals surface area contributed by atoms with E-state index < -0.39 is 0 Å². The number of hydrogen-bond acceptors (Lipinski definition) is 0. The van der Waals surface area contributed by atoms with Gasteiger partial charge in [-0.1, -0.05) is 41.4 Å². The van der Waals surface area contributed by atoms with Crippen LogP contribution in [0, 0.1) is 11.7 Å². The molecule has 3 heteroatoms. The highest BCUT2D eigenvalue weighted by atomic mass is 79.9. The van der Waals surface area contributed by atoms with Crippen molar-refractivity contribution in [1.29, 1.82) is 0 Å². The Labute approximate surface area is 104 Å². The van der Waals surface area contributed by atoms with Gasteiger partial charge in [-0.15, -0.1) is 0 Å². The highest BCUT2D eigenvalue weighted by Gasteiger charge is 2.10. The van der Waals surface area contributed by atoms with E-state index in [9.17, 15) is 4.39 Å². The molecule has 0 spiro atoms. The van der Waals surface area contributed by atoms with Crippen LogP contribution in [0.25, 0.3) is 0 Å². The van der Waals surface area contributed by atoms with E-state index in [0.717, 1.165) is 12.8 Å². The summed E-state index contributed by atoms with van der Waals surface area (Å²) in [6, 6.07) is 4.73. The molecular weight excluding hydrogens is 278 g/mol. The minimum absolute atomic E-state index is 0.159. The van der Waals surface area contributed by atoms with Gasteiger partial charge in [-0.25, -0.2) is 4.39 Å². The van der Waals surface area contributed by atoms with Gasteiger partial charge in [0.2, 0.25) is 0 Å². The smallest absolute Gasteiger partial charge is 0.126 e. The SMILES string of the molecule is CC(Br)CC(C)Cc1cc(Cl)ccc1F. The predicted octanol–water partition coefficient (Wildman–Crippen LogP) is 4.83. The normalized spacial score (nSPS) is 15.0. The average molecular weight is 294 g/mol. The summed E-state index contributed by atoms with van der Waals surface area (Å²) < 4.78 is 13.4. The summed E-state index contributed by atoms with van der Waals surface area (Å²) in [7, 11) is 0. The lowest BCUT2D eigenvalue weighted by atomic mass is 9.97. The molecule has 0 fully saturated rings. The average Bonchev–Trinajstić information content (AvgIpc) is 2.10. The highest BCUT2D eigenvalue weighted by Crippen LogP contribution is 2.21. The second-order valence-electron chi connectivity index (χ2n) is 4.06. The molecule has 0 saturated heterocycles. The molecule has 2 unspecified atom stereocenters. The van der Waals surface area contributed by atoms with Crippen molar-refractivity contribution in [3.8, 4) is 0 Å². The monoisotopic (exact) mass is 292 g/mol. The molecule has 0 aromatic heterocycles. The molecule has 0 aliphatic carbocycles. The summed E-state index contributed by atoms with van der Waals surface area (Å²) in [5, 5.41) is 0.602. The third-order valence-electron chi connectivity index (χ3n) is 2.30. The molecule has 0 radical (unpaired) electrons. The molecule has 0 N–H and O–H groups in total. The van der Waals surface area contributed by atoms with Gasteiger partial charge in [0.1, 0.15) is 5.82 Å². The van der Waals surface area contributed by atoms with Gasteiger partial charge in [0.25, 0.3) is 0 Å². The first-order chi connectivity index (χ1) is 6.99. The molecule has 0 amide bonds. The zero-order valence-electron chi connectivity index (χ0n) is 8.93. The third kappa shape index (κ3) is 4.52. The Morgan fingerprint density at radius 2 is 2.07 bits per heavy atom. The van der Waals surface area contributed by atoms with Gasteiger partial charge in [-0.3, -0.25) is 0 Å². The molecule has 0 nitrogen and oxygen atoms in total. The molecule has 0 bridgehead atoms. The predicted molar refractivity (Wildman–Crippen MR) is 67.3 cm³/mol. The molecular formula is C12H15BrClF. The quantitative estimate of drug-likeness (QED) is 0.697. The Kier molecular flexibility index (Phi) is 5.07. The number of hydrogen-bond donors (Lipinski definition) is 0. The summed E-state index contributed by atoms with van der Waals surface area (Å²) in [6.07, 6.45) is 1.77. The molecule has 0 aliphatic heterocycles. The van der Waals surface area contributed by atoms with E-state index in [2.05, 4.69) is 29.8 Å². The summed E-state index contributed by atoms with van der Waals surface area (Å²) in [5.41, 5.74) is 0.711. The fourth-order valence-electron chi connectivity index (χ4n) is 1.71. The molecule has 0 saturated carbocycles. The maximum absolute atomic E-state index is 13.4. The highest BCUT2D eigenvalue weighted by molar-refractivity contribution is 9.09. The fourth-order valence-corrected chi connectivity index (χ4v) is 2.55. The van der Waals surface area contributed by atoms with Gasteiger partial charge in [-0.2, -0.15) is 0 Å². The van der Waals surface area contributed by atoms with Crippen LogP contribution in [0.15, 0.2) is 18.2 Å². The van der Waals surface area contributed by atoms with E-state index in [0.29, 0.717) is 21.3 Å². The lowest BCUT2D eigenvalue weighted by Crippen LogP contribution is -2.06. The van der Waals surface area contributed by atoms with E-state index in [1.54, 1.807) is 12.1 Å². The van der Waals surface area contributed by atoms with Gasteiger partial charge in [0.15, 0.2) is 0 Å². The zero-order chi connectivity index (χ0) is 11.4. The first kappa shape index (κ1) is 13.0. The summed E-state index contributed by atoms with van der Waals surface area (Å²) in [4.78, 5) is 0.467. The second kappa shape index (κ2) is 5.86. The van der Waals surface area contributed by atoms with Crippen LogP contribution >= 0.6 is 27.5 Å². The topological polar surface area (TPSA) is 0 Å². The number of halogens is 3. The van der Waals surface area contributed by atoms with Gasteiger partial charge in [0, 0.05) is 9.85 Å². The summed E-state index contributed by atoms with van der Waals surface area (Å²) >= 11 is 9.33. The lowest BCUT2D eigenvalue weighted by Gasteiger charge is -2.13. The van der Waals surface area contributed by atoms with E-state index >= 15 is 0 Å². The Morgan fingerprint density at radius 3 is 2.67 bits per heavy atom. The minimum Gasteiger partial charge on any atom is -0.207 e.